The number of aromatic nitrogens is 1. The van der Waals surface area contributed by atoms with Crippen molar-refractivity contribution >= 4 is 17.3 Å². The standard InChI is InChI=1S/C25H30N2O2/c1-7-20(8-2)29-25(28)21-17(5)24(27-18(21)6)22(19-12-10-9-11-13-19)23-15(3)14-16(4)26-23/h9-14,20,26H,7-8H2,1-6H3. The first kappa shape index (κ1) is 20.8. The third kappa shape index (κ3) is 4.12. The molecular weight excluding hydrogens is 360 g/mol. The van der Waals surface area contributed by atoms with E-state index >= 15 is 0 Å². The van der Waals surface area contributed by atoms with Crippen molar-refractivity contribution in [1.29, 1.82) is 0 Å². The second kappa shape index (κ2) is 8.64. The van der Waals surface area contributed by atoms with E-state index < -0.39 is 0 Å². The molecule has 1 aliphatic rings. The number of aliphatic imine (C=N–C) groups is 1. The lowest BCUT2D eigenvalue weighted by Gasteiger charge is -2.15. The number of hydrogen-bond acceptors (Lipinski definition) is 3. The van der Waals surface area contributed by atoms with Crippen molar-refractivity contribution < 1.29 is 9.53 Å². The minimum atomic E-state index is -0.278. The summed E-state index contributed by atoms with van der Waals surface area (Å²) in [6.07, 6.45) is 1.55. The maximum Gasteiger partial charge on any atom is 0.340 e. The molecule has 0 amide bonds. The molecule has 0 bridgehead atoms. The highest BCUT2D eigenvalue weighted by Gasteiger charge is 2.29. The summed E-state index contributed by atoms with van der Waals surface area (Å²) in [6.45, 7) is 12.1. The number of benzene rings is 1. The number of nitrogens with one attached hydrogen (secondary N) is 1. The van der Waals surface area contributed by atoms with Crippen LogP contribution in [-0.4, -0.2) is 22.8 Å². The number of rotatable bonds is 6. The maximum atomic E-state index is 12.9. The Morgan fingerprint density at radius 2 is 1.72 bits per heavy atom. The molecule has 0 fully saturated rings. The highest BCUT2D eigenvalue weighted by molar-refractivity contribution is 6.22. The van der Waals surface area contributed by atoms with Crippen LogP contribution in [0, 0.1) is 13.8 Å². The molecule has 29 heavy (non-hydrogen) atoms. The molecule has 4 heteroatoms. The van der Waals surface area contributed by atoms with Gasteiger partial charge in [-0.3, -0.25) is 4.99 Å². The van der Waals surface area contributed by atoms with Crippen LogP contribution < -0.4 is 0 Å². The summed E-state index contributed by atoms with van der Waals surface area (Å²) < 4.78 is 5.73. The Balaban J connectivity index is 2.18. The van der Waals surface area contributed by atoms with Gasteiger partial charge in [0.2, 0.25) is 0 Å². The molecule has 0 saturated carbocycles. The van der Waals surface area contributed by atoms with Gasteiger partial charge in [-0.05, 0) is 63.3 Å². The molecule has 152 valence electrons. The summed E-state index contributed by atoms with van der Waals surface area (Å²) in [5.41, 5.74) is 8.36. The normalized spacial score (nSPS) is 15.8. The molecule has 0 saturated heterocycles. The average Bonchev–Trinajstić information content (AvgIpc) is 3.18. The summed E-state index contributed by atoms with van der Waals surface area (Å²) in [5, 5.41) is 0. The van der Waals surface area contributed by atoms with Crippen molar-refractivity contribution in [2.24, 2.45) is 4.99 Å². The number of nitrogens with zero attached hydrogens (tertiary/aromatic N) is 1. The topological polar surface area (TPSA) is 54.5 Å². The van der Waals surface area contributed by atoms with E-state index in [1.165, 1.54) is 0 Å². The lowest BCUT2D eigenvalue weighted by atomic mass is 9.95. The van der Waals surface area contributed by atoms with E-state index in [2.05, 4.69) is 30.1 Å². The zero-order valence-electron chi connectivity index (χ0n) is 18.2. The van der Waals surface area contributed by atoms with Crippen molar-refractivity contribution in [3.63, 3.8) is 0 Å². The largest absolute Gasteiger partial charge is 0.459 e. The molecule has 2 aromatic rings. The van der Waals surface area contributed by atoms with Gasteiger partial charge in [0.15, 0.2) is 0 Å². The molecule has 1 aliphatic heterocycles. The van der Waals surface area contributed by atoms with Crippen LogP contribution in [0.15, 0.2) is 58.2 Å². The fourth-order valence-electron chi connectivity index (χ4n) is 3.90. The first-order valence-corrected chi connectivity index (χ1v) is 10.3. The van der Waals surface area contributed by atoms with E-state index in [1.807, 2.05) is 52.8 Å². The summed E-state index contributed by atoms with van der Waals surface area (Å²) in [5.74, 6) is -0.278. The number of esters is 1. The minimum Gasteiger partial charge on any atom is -0.459 e. The first-order valence-electron chi connectivity index (χ1n) is 10.3. The number of hydrogen-bond donors (Lipinski definition) is 1. The minimum absolute atomic E-state index is 0.0643. The Morgan fingerprint density at radius 3 is 2.28 bits per heavy atom. The van der Waals surface area contributed by atoms with Crippen LogP contribution in [0.3, 0.4) is 0 Å². The third-order valence-corrected chi connectivity index (χ3v) is 5.46. The predicted molar refractivity (Wildman–Crippen MR) is 119 cm³/mol. The summed E-state index contributed by atoms with van der Waals surface area (Å²) in [6, 6.07) is 12.3. The van der Waals surface area contributed by atoms with Gasteiger partial charge in [-0.25, -0.2) is 4.79 Å². The molecule has 0 aliphatic carbocycles. The smallest absolute Gasteiger partial charge is 0.340 e. The molecule has 3 rings (SSSR count). The molecule has 0 spiro atoms. The molecule has 0 radical (unpaired) electrons. The molecule has 4 nitrogen and oxygen atoms in total. The van der Waals surface area contributed by atoms with E-state index in [9.17, 15) is 4.79 Å². The fourth-order valence-corrected chi connectivity index (χ4v) is 3.90. The van der Waals surface area contributed by atoms with E-state index in [1.54, 1.807) is 0 Å². The molecule has 1 aromatic carbocycles. The number of carbonyl (C=O) groups excluding carboxylic acids is 1. The zero-order valence-corrected chi connectivity index (χ0v) is 18.2. The van der Waals surface area contributed by atoms with Crippen LogP contribution in [0.4, 0.5) is 0 Å². The lowest BCUT2D eigenvalue weighted by molar-refractivity contribution is -0.143. The van der Waals surface area contributed by atoms with E-state index in [-0.39, 0.29) is 12.1 Å². The van der Waals surface area contributed by atoms with Crippen molar-refractivity contribution in [3.05, 3.63) is 75.8 Å². The van der Waals surface area contributed by atoms with Gasteiger partial charge in [-0.15, -0.1) is 0 Å². The van der Waals surface area contributed by atoms with Gasteiger partial charge < -0.3 is 9.72 Å². The van der Waals surface area contributed by atoms with Crippen LogP contribution in [0.25, 0.3) is 5.57 Å². The van der Waals surface area contributed by atoms with Crippen LogP contribution >= 0.6 is 0 Å². The van der Waals surface area contributed by atoms with Gasteiger partial charge in [0.25, 0.3) is 0 Å². The Morgan fingerprint density at radius 1 is 1.07 bits per heavy atom. The highest BCUT2D eigenvalue weighted by atomic mass is 16.5. The van der Waals surface area contributed by atoms with Crippen LogP contribution in [0.1, 0.15) is 63.1 Å². The van der Waals surface area contributed by atoms with Gasteiger partial charge >= 0.3 is 5.97 Å². The van der Waals surface area contributed by atoms with Gasteiger partial charge in [0.1, 0.15) is 6.10 Å². The van der Waals surface area contributed by atoms with Crippen molar-refractivity contribution in [2.75, 3.05) is 0 Å². The quantitative estimate of drug-likeness (QED) is 0.623. The number of allylic oxidation sites excluding steroid dienone is 1. The van der Waals surface area contributed by atoms with Gasteiger partial charge in [0.05, 0.1) is 22.7 Å². The molecule has 1 N–H and O–H groups in total. The SMILES string of the molecule is CCC(CC)OC(=O)C1=C(C)C(=C(c2ccccc2)c2[nH]c(C)cc2C)N=C1C. The highest BCUT2D eigenvalue weighted by Crippen LogP contribution is 2.37. The second-order valence-corrected chi connectivity index (χ2v) is 7.64. The van der Waals surface area contributed by atoms with Crippen molar-refractivity contribution in [3.8, 4) is 0 Å². The van der Waals surface area contributed by atoms with Gasteiger partial charge in [-0.1, -0.05) is 44.2 Å². The third-order valence-electron chi connectivity index (χ3n) is 5.46. The lowest BCUT2D eigenvalue weighted by Crippen LogP contribution is -2.20. The van der Waals surface area contributed by atoms with Crippen molar-refractivity contribution in [2.45, 2.75) is 60.5 Å². The molecule has 1 aromatic heterocycles. The molecule has 0 atom stereocenters. The number of carbonyl (C=O) groups is 1. The fraction of sp³-hybridized carbons (Fsp3) is 0.360. The maximum absolute atomic E-state index is 12.9. The van der Waals surface area contributed by atoms with Crippen LogP contribution in [-0.2, 0) is 9.53 Å². The predicted octanol–water partition coefficient (Wildman–Crippen LogP) is 5.91. The monoisotopic (exact) mass is 390 g/mol. The first-order chi connectivity index (χ1) is 13.9. The number of H-pyrrole nitrogens is 1. The average molecular weight is 391 g/mol. The Kier molecular flexibility index (Phi) is 6.21. The molecule has 0 unspecified atom stereocenters. The Hall–Kier alpha value is -2.88. The van der Waals surface area contributed by atoms with Gasteiger partial charge in [0, 0.05) is 11.3 Å². The van der Waals surface area contributed by atoms with E-state index in [4.69, 9.17) is 9.73 Å². The number of ether oxygens (including phenoxy) is 1. The summed E-state index contributed by atoms with van der Waals surface area (Å²) >= 11 is 0. The summed E-state index contributed by atoms with van der Waals surface area (Å²) in [4.78, 5) is 21.2. The summed E-state index contributed by atoms with van der Waals surface area (Å²) in [7, 11) is 0. The van der Waals surface area contributed by atoms with E-state index in [0.717, 1.165) is 52.2 Å². The number of aromatic amines is 1. The Bertz CT molecular complexity index is 1000. The molecule has 2 heterocycles. The van der Waals surface area contributed by atoms with Gasteiger partial charge in [-0.2, -0.15) is 0 Å². The van der Waals surface area contributed by atoms with Crippen molar-refractivity contribution in [1.82, 2.24) is 4.98 Å². The zero-order chi connectivity index (χ0) is 21.1. The van der Waals surface area contributed by atoms with Crippen LogP contribution in [0.5, 0.6) is 0 Å². The Labute approximate surface area is 173 Å². The van der Waals surface area contributed by atoms with E-state index in [0.29, 0.717) is 11.3 Å². The molecular formula is C25H30N2O2. The number of aryl methyl sites for hydroxylation is 2. The van der Waals surface area contributed by atoms with Crippen LogP contribution in [0.2, 0.25) is 0 Å². The second-order valence-electron chi connectivity index (χ2n) is 7.64.